The van der Waals surface area contributed by atoms with Crippen molar-refractivity contribution in [3.8, 4) is 0 Å². The molecule has 0 bridgehead atoms. The van der Waals surface area contributed by atoms with Crippen molar-refractivity contribution in [2.75, 3.05) is 0 Å². The first-order chi connectivity index (χ1) is 18.9. The third-order valence-corrected chi connectivity index (χ3v) is 7.53. The summed E-state index contributed by atoms with van der Waals surface area (Å²) < 4.78 is 16.7. The molecule has 0 heterocycles. The third kappa shape index (κ3) is 8.97. The normalized spacial score (nSPS) is 28.8. The highest BCUT2D eigenvalue weighted by atomic mass is 16.6. The molecule has 0 amide bonds. The number of allylic oxidation sites excluding steroid dienone is 3. The fraction of sp³-hybridized carbons (Fsp3) is 0.581. The second-order valence-corrected chi connectivity index (χ2v) is 10.8. The zero-order chi connectivity index (χ0) is 31.8. The Morgan fingerprint density at radius 2 is 1.51 bits per heavy atom. The predicted molar refractivity (Wildman–Crippen MR) is 153 cm³/mol. The highest BCUT2D eigenvalue weighted by Crippen LogP contribution is 2.42. The third-order valence-electron chi connectivity index (χ3n) is 7.53. The Morgan fingerprint density at radius 1 is 0.976 bits per heavy atom. The summed E-state index contributed by atoms with van der Waals surface area (Å²) in [5.41, 5.74) is -0.830. The van der Waals surface area contributed by atoms with Gasteiger partial charge in [0, 0.05) is 23.6 Å². The molecular formula is C31H46O10. The van der Waals surface area contributed by atoms with E-state index >= 15 is 0 Å². The van der Waals surface area contributed by atoms with Crippen LogP contribution in [0.4, 0.5) is 0 Å². The molecule has 41 heavy (non-hydrogen) atoms. The van der Waals surface area contributed by atoms with E-state index < -0.39 is 66.1 Å². The van der Waals surface area contributed by atoms with Gasteiger partial charge >= 0.3 is 17.9 Å². The second kappa shape index (κ2) is 15.3. The summed E-state index contributed by atoms with van der Waals surface area (Å²) in [6, 6.07) is 0. The lowest BCUT2D eigenvalue weighted by molar-refractivity contribution is -0.255. The highest BCUT2D eigenvalue weighted by molar-refractivity contribution is 5.88. The molecule has 10 heteroatoms. The number of carbonyl (C=O) groups excluding carboxylic acids is 3. The highest BCUT2D eigenvalue weighted by Gasteiger charge is 2.60. The van der Waals surface area contributed by atoms with Crippen molar-refractivity contribution < 1.29 is 49.0 Å². The van der Waals surface area contributed by atoms with Gasteiger partial charge in [-0.1, -0.05) is 43.4 Å². The first kappa shape index (κ1) is 36.0. The number of hydrogen-bond donors (Lipinski definition) is 4. The molecule has 0 aromatic carbocycles. The summed E-state index contributed by atoms with van der Waals surface area (Å²) >= 11 is 0. The van der Waals surface area contributed by atoms with E-state index in [1.807, 2.05) is 6.92 Å². The van der Waals surface area contributed by atoms with Gasteiger partial charge in [0.05, 0.1) is 12.0 Å². The maximum atomic E-state index is 12.8. The van der Waals surface area contributed by atoms with Crippen molar-refractivity contribution in [3.05, 3.63) is 59.3 Å². The fourth-order valence-electron chi connectivity index (χ4n) is 4.21. The summed E-state index contributed by atoms with van der Waals surface area (Å²) in [5.74, 6) is -3.84. The van der Waals surface area contributed by atoms with Crippen LogP contribution in [0, 0.1) is 5.92 Å². The molecule has 0 aliphatic heterocycles. The molecule has 0 saturated heterocycles. The molecule has 1 aliphatic rings. The summed E-state index contributed by atoms with van der Waals surface area (Å²) in [4.78, 5) is 38.2. The lowest BCUT2D eigenvalue weighted by Gasteiger charge is -2.51. The number of esters is 3. The van der Waals surface area contributed by atoms with Gasteiger partial charge in [-0.15, -0.1) is 0 Å². The van der Waals surface area contributed by atoms with Gasteiger partial charge in [0.25, 0.3) is 0 Å². The standard InChI is InChI=1S/C31H46O10/c1-11-17(6)14-23(33)40-26-24(20(9)22(15-21(32)16(4)5)39-29(36)18(7)12-2)25(34)28(31(10,38)27(26)35)41-30(37)19(8)13-3/h12-14,21-22,24-28,32,34-35,38H,4,9,11,15H2,1-3,5-8,10H3/b17-14+,18-12-,19-13-/t21?,22?,24-,25-,26+,27+,28-,31-/m0/s1. The van der Waals surface area contributed by atoms with Crippen LogP contribution in [0.15, 0.2) is 59.3 Å². The molecule has 2 unspecified atom stereocenters. The lowest BCUT2D eigenvalue weighted by atomic mass is 9.67. The summed E-state index contributed by atoms with van der Waals surface area (Å²) in [7, 11) is 0. The predicted octanol–water partition coefficient (Wildman–Crippen LogP) is 3.00. The molecule has 0 aromatic heterocycles. The van der Waals surface area contributed by atoms with Gasteiger partial charge in [0.1, 0.15) is 30.0 Å². The van der Waals surface area contributed by atoms with Crippen LogP contribution in [-0.4, -0.2) is 80.6 Å². The first-order valence-electron chi connectivity index (χ1n) is 13.6. The SMILES string of the molecule is C=C(C)C(O)CC(OC(=O)/C(C)=C\C)C(=C)[C@H]1[C@H](O)[C@H](OC(=O)/C(C)=C\C)[C@@](C)(O)[C@H](O)[C@@H]1OC(=O)/C=C(\C)CC. The molecule has 1 fully saturated rings. The van der Waals surface area contributed by atoms with Crippen molar-refractivity contribution in [2.45, 2.75) is 110 Å². The molecular weight excluding hydrogens is 532 g/mol. The second-order valence-electron chi connectivity index (χ2n) is 10.8. The van der Waals surface area contributed by atoms with Crippen LogP contribution in [-0.2, 0) is 28.6 Å². The summed E-state index contributed by atoms with van der Waals surface area (Å²) in [6.45, 7) is 20.2. The molecule has 0 aromatic rings. The Bertz CT molecular complexity index is 1100. The van der Waals surface area contributed by atoms with E-state index in [1.54, 1.807) is 27.7 Å². The van der Waals surface area contributed by atoms with Crippen molar-refractivity contribution in [2.24, 2.45) is 5.92 Å². The molecule has 1 aliphatic carbocycles. The van der Waals surface area contributed by atoms with Gasteiger partial charge in [-0.25, -0.2) is 14.4 Å². The number of carbonyl (C=O) groups is 3. The molecule has 0 radical (unpaired) electrons. The average Bonchev–Trinajstić information content (AvgIpc) is 2.91. The van der Waals surface area contributed by atoms with Gasteiger partial charge in [-0.2, -0.15) is 0 Å². The van der Waals surface area contributed by atoms with E-state index in [-0.39, 0.29) is 23.1 Å². The van der Waals surface area contributed by atoms with E-state index in [1.165, 1.54) is 32.1 Å². The van der Waals surface area contributed by atoms with Crippen molar-refractivity contribution in [3.63, 3.8) is 0 Å². The molecule has 10 nitrogen and oxygen atoms in total. The summed E-state index contributed by atoms with van der Waals surface area (Å²) in [6.07, 6.45) is -4.84. The Hall–Kier alpha value is -3.05. The first-order valence-corrected chi connectivity index (χ1v) is 13.6. The topological polar surface area (TPSA) is 160 Å². The van der Waals surface area contributed by atoms with E-state index in [0.717, 1.165) is 6.92 Å². The summed E-state index contributed by atoms with van der Waals surface area (Å²) in [5, 5.41) is 44.8. The minimum absolute atomic E-state index is 0.0394. The van der Waals surface area contributed by atoms with E-state index in [9.17, 15) is 34.8 Å². The molecule has 1 saturated carbocycles. The van der Waals surface area contributed by atoms with Gasteiger partial charge in [0.2, 0.25) is 0 Å². The zero-order valence-corrected chi connectivity index (χ0v) is 25.3. The zero-order valence-electron chi connectivity index (χ0n) is 25.3. The Balaban J connectivity index is 3.73. The lowest BCUT2D eigenvalue weighted by Crippen LogP contribution is -2.69. The minimum atomic E-state index is -2.28. The quantitative estimate of drug-likeness (QED) is 0.117. The van der Waals surface area contributed by atoms with Crippen LogP contribution in [0.2, 0.25) is 0 Å². The fourth-order valence-corrected chi connectivity index (χ4v) is 4.21. The van der Waals surface area contributed by atoms with Gasteiger partial charge in [-0.05, 0) is 60.5 Å². The van der Waals surface area contributed by atoms with Crippen molar-refractivity contribution >= 4 is 17.9 Å². The number of rotatable bonds is 12. The minimum Gasteiger partial charge on any atom is -0.456 e. The number of hydrogen-bond acceptors (Lipinski definition) is 10. The Labute approximate surface area is 242 Å². The van der Waals surface area contributed by atoms with E-state index in [0.29, 0.717) is 17.6 Å². The largest absolute Gasteiger partial charge is 0.456 e. The van der Waals surface area contributed by atoms with E-state index in [2.05, 4.69) is 13.2 Å². The van der Waals surface area contributed by atoms with Gasteiger partial charge < -0.3 is 34.6 Å². The molecule has 1 rings (SSSR count). The van der Waals surface area contributed by atoms with Crippen molar-refractivity contribution in [1.82, 2.24) is 0 Å². The molecule has 4 N–H and O–H groups in total. The maximum Gasteiger partial charge on any atom is 0.333 e. The number of ether oxygens (including phenoxy) is 3. The smallest absolute Gasteiger partial charge is 0.333 e. The van der Waals surface area contributed by atoms with Crippen molar-refractivity contribution in [1.29, 1.82) is 0 Å². The van der Waals surface area contributed by atoms with Crippen LogP contribution in [0.1, 0.15) is 68.2 Å². The van der Waals surface area contributed by atoms with Crippen LogP contribution in [0.25, 0.3) is 0 Å². The monoisotopic (exact) mass is 578 g/mol. The maximum absolute atomic E-state index is 12.8. The average molecular weight is 579 g/mol. The van der Waals surface area contributed by atoms with E-state index in [4.69, 9.17) is 14.2 Å². The Morgan fingerprint density at radius 3 is 2.00 bits per heavy atom. The molecule has 0 spiro atoms. The Kier molecular flexibility index (Phi) is 13.4. The number of aliphatic hydroxyl groups excluding tert-OH is 3. The van der Waals surface area contributed by atoms with Gasteiger partial charge in [-0.3, -0.25) is 0 Å². The number of aliphatic hydroxyl groups is 4. The van der Waals surface area contributed by atoms with Crippen LogP contribution in [0.3, 0.4) is 0 Å². The molecule has 230 valence electrons. The van der Waals surface area contributed by atoms with Crippen LogP contribution >= 0.6 is 0 Å². The van der Waals surface area contributed by atoms with Gasteiger partial charge in [0.15, 0.2) is 6.10 Å². The van der Waals surface area contributed by atoms with Crippen LogP contribution in [0.5, 0.6) is 0 Å². The van der Waals surface area contributed by atoms with Crippen LogP contribution < -0.4 is 0 Å². The molecule has 8 atom stereocenters.